The van der Waals surface area contributed by atoms with Gasteiger partial charge >= 0.3 is 0 Å². The predicted molar refractivity (Wildman–Crippen MR) is 228 cm³/mol. The minimum Gasteiger partial charge on any atom is -0.372 e. The lowest BCUT2D eigenvalue weighted by molar-refractivity contribution is -0.125. The number of likely N-dealkylation sites (tertiary alicyclic amines) is 1. The van der Waals surface area contributed by atoms with Crippen molar-refractivity contribution in [3.8, 4) is 0 Å². The van der Waals surface area contributed by atoms with Gasteiger partial charge in [-0.05, 0) is 139 Å². The molecule has 4 heterocycles. The first kappa shape index (κ1) is 39.5. The molecule has 3 aromatic rings. The molecule has 1 spiro atoms. The number of aliphatic imine (C=N–C) groups is 1. The maximum atomic E-state index is 13.6. The van der Waals surface area contributed by atoms with Crippen LogP contribution in [0.25, 0.3) is 0 Å². The van der Waals surface area contributed by atoms with E-state index in [1.807, 2.05) is 36.4 Å². The fourth-order valence-corrected chi connectivity index (χ4v) is 10.9. The SMILES string of the molecule is CNC(=O)C(CCC=O)N1Cc2cc(N3CCC(CN4CCC(c5ccc6c(c5)N(C)C(=NC(=O)c5ccccc5Br)C65CCCCC5)CC4)CC3)ccc2C1=O. The highest BCUT2D eigenvalue weighted by Crippen LogP contribution is 2.51. The lowest BCUT2D eigenvalue weighted by Crippen LogP contribution is -2.46. The van der Waals surface area contributed by atoms with E-state index in [-0.39, 0.29) is 29.6 Å². The summed E-state index contributed by atoms with van der Waals surface area (Å²) in [7, 11) is 3.67. The van der Waals surface area contributed by atoms with Gasteiger partial charge in [0.15, 0.2) is 0 Å². The van der Waals surface area contributed by atoms with Gasteiger partial charge in [-0.2, -0.15) is 4.99 Å². The third-order valence-electron chi connectivity index (χ3n) is 13.6. The van der Waals surface area contributed by atoms with E-state index in [4.69, 9.17) is 4.99 Å². The van der Waals surface area contributed by atoms with Crippen molar-refractivity contribution in [2.75, 3.05) is 56.6 Å². The zero-order chi connectivity index (χ0) is 39.7. The van der Waals surface area contributed by atoms with Crippen LogP contribution in [0.15, 0.2) is 70.1 Å². The number of nitrogens with one attached hydrogen (secondary N) is 1. The van der Waals surface area contributed by atoms with Gasteiger partial charge in [0.2, 0.25) is 5.91 Å². The molecule has 1 aliphatic carbocycles. The number of nitrogens with zero attached hydrogens (tertiary/aromatic N) is 5. The van der Waals surface area contributed by atoms with Crippen LogP contribution in [0.2, 0.25) is 0 Å². The lowest BCUT2D eigenvalue weighted by Gasteiger charge is -2.38. The fourth-order valence-electron chi connectivity index (χ4n) is 10.4. The van der Waals surface area contributed by atoms with E-state index in [9.17, 15) is 19.2 Å². The number of carbonyl (C=O) groups is 4. The summed E-state index contributed by atoms with van der Waals surface area (Å²) >= 11 is 3.56. The second-order valence-electron chi connectivity index (χ2n) is 16.9. The van der Waals surface area contributed by atoms with Crippen LogP contribution < -0.4 is 15.1 Å². The van der Waals surface area contributed by atoms with Crippen molar-refractivity contribution in [3.63, 3.8) is 0 Å². The summed E-state index contributed by atoms with van der Waals surface area (Å²) in [5.74, 6) is 1.53. The van der Waals surface area contributed by atoms with Gasteiger partial charge in [-0.25, -0.2) is 0 Å². The molecule has 11 heteroatoms. The standard InChI is InChI=1S/C46H55BrN6O4/c1-48-43(56)40(11-8-26-54)53-30-34-27-35(13-14-36(34)44(53)57)52-24-16-31(17-25-52)29-51-22-18-32(19-23-51)33-12-15-38-41(28-33)50(2)45(46(38)20-6-3-7-21-46)49-42(55)37-9-4-5-10-39(37)47/h4-5,9-10,12-15,26-28,31-32,40H,3,6-8,11,16-25,29-30H2,1-2H3,(H,48,56). The summed E-state index contributed by atoms with van der Waals surface area (Å²) in [5.41, 5.74) is 7.10. The van der Waals surface area contributed by atoms with E-state index >= 15 is 0 Å². The molecule has 5 aliphatic rings. The summed E-state index contributed by atoms with van der Waals surface area (Å²) in [5, 5.41) is 2.66. The fraction of sp³-hybridized carbons (Fsp3) is 0.500. The molecule has 0 radical (unpaired) electrons. The number of rotatable bonds is 10. The molecular formula is C46H55BrN6O4. The zero-order valence-corrected chi connectivity index (χ0v) is 34.9. The Bertz CT molecular complexity index is 2050. The number of hydrogen-bond acceptors (Lipinski definition) is 6. The first-order valence-corrected chi connectivity index (χ1v) is 21.8. The van der Waals surface area contributed by atoms with Crippen molar-refractivity contribution in [1.82, 2.24) is 15.1 Å². The van der Waals surface area contributed by atoms with E-state index in [1.165, 1.54) is 23.2 Å². The van der Waals surface area contributed by atoms with Crippen LogP contribution in [-0.2, 0) is 21.5 Å². The average Bonchev–Trinajstić information content (AvgIpc) is 3.67. The summed E-state index contributed by atoms with van der Waals surface area (Å²) < 4.78 is 0.778. The number of amidine groups is 1. The topological polar surface area (TPSA) is 106 Å². The third-order valence-corrected chi connectivity index (χ3v) is 14.3. The molecule has 57 heavy (non-hydrogen) atoms. The van der Waals surface area contributed by atoms with Crippen LogP contribution in [0.1, 0.15) is 114 Å². The van der Waals surface area contributed by atoms with E-state index in [1.54, 1.807) is 11.9 Å². The third kappa shape index (κ3) is 7.69. The molecule has 3 amide bonds. The summed E-state index contributed by atoms with van der Waals surface area (Å²) in [6, 6.07) is 20.2. The van der Waals surface area contributed by atoms with Gasteiger partial charge in [0.05, 0.1) is 11.0 Å². The van der Waals surface area contributed by atoms with E-state index < -0.39 is 6.04 Å². The molecule has 8 rings (SSSR count). The van der Waals surface area contributed by atoms with Crippen LogP contribution in [0, 0.1) is 5.92 Å². The van der Waals surface area contributed by atoms with Crippen LogP contribution in [0.4, 0.5) is 11.4 Å². The smallest absolute Gasteiger partial charge is 0.279 e. The Hall–Kier alpha value is -4.35. The quantitative estimate of drug-likeness (QED) is 0.211. The highest BCUT2D eigenvalue weighted by molar-refractivity contribution is 9.10. The van der Waals surface area contributed by atoms with Gasteiger partial charge in [0.25, 0.3) is 11.8 Å². The molecule has 4 aliphatic heterocycles. The molecule has 0 aromatic heterocycles. The molecule has 1 saturated carbocycles. The van der Waals surface area contributed by atoms with Crippen molar-refractivity contribution in [2.45, 2.75) is 94.5 Å². The molecule has 2 saturated heterocycles. The summed E-state index contributed by atoms with van der Waals surface area (Å²) in [6.45, 7) is 5.71. The number of piperidine rings is 2. The van der Waals surface area contributed by atoms with Crippen molar-refractivity contribution in [3.05, 3.63) is 93.0 Å². The molecule has 10 nitrogen and oxygen atoms in total. The van der Waals surface area contributed by atoms with Crippen molar-refractivity contribution in [2.24, 2.45) is 10.9 Å². The second-order valence-corrected chi connectivity index (χ2v) is 17.7. The van der Waals surface area contributed by atoms with E-state index in [0.717, 1.165) is 112 Å². The molecular weight excluding hydrogens is 780 g/mol. The van der Waals surface area contributed by atoms with Gasteiger partial charge in [0, 0.05) is 68.1 Å². The minimum atomic E-state index is -0.650. The van der Waals surface area contributed by atoms with Crippen molar-refractivity contribution < 1.29 is 19.2 Å². The first-order valence-electron chi connectivity index (χ1n) is 21.0. The first-order chi connectivity index (χ1) is 27.7. The van der Waals surface area contributed by atoms with E-state index in [2.05, 4.69) is 67.3 Å². The Morgan fingerprint density at radius 2 is 1.72 bits per heavy atom. The number of hydrogen-bond donors (Lipinski definition) is 1. The molecule has 300 valence electrons. The van der Waals surface area contributed by atoms with Crippen LogP contribution in [0.5, 0.6) is 0 Å². The maximum Gasteiger partial charge on any atom is 0.279 e. The number of benzene rings is 3. The zero-order valence-electron chi connectivity index (χ0n) is 33.4. The number of fused-ring (bicyclic) bond motifs is 3. The second kappa shape index (κ2) is 16.9. The number of likely N-dealkylation sites (N-methyl/N-ethyl adjacent to an activating group) is 2. The van der Waals surface area contributed by atoms with Crippen LogP contribution in [0.3, 0.4) is 0 Å². The van der Waals surface area contributed by atoms with E-state index in [0.29, 0.717) is 35.9 Å². The lowest BCUT2D eigenvalue weighted by atomic mass is 9.69. The monoisotopic (exact) mass is 834 g/mol. The maximum absolute atomic E-state index is 13.6. The molecule has 1 unspecified atom stereocenters. The molecule has 3 fully saturated rings. The minimum absolute atomic E-state index is 0.140. The van der Waals surface area contributed by atoms with Gasteiger partial charge in [-0.1, -0.05) is 43.5 Å². The Morgan fingerprint density at radius 3 is 2.44 bits per heavy atom. The number of anilines is 2. The Balaban J connectivity index is 0.866. The van der Waals surface area contributed by atoms with Crippen LogP contribution in [-0.4, -0.2) is 92.5 Å². The molecule has 0 bridgehead atoms. The predicted octanol–water partition coefficient (Wildman–Crippen LogP) is 7.49. The van der Waals surface area contributed by atoms with Gasteiger partial charge in [0.1, 0.15) is 18.2 Å². The highest BCUT2D eigenvalue weighted by Gasteiger charge is 2.48. The number of amides is 3. The normalized spacial score (nSPS) is 21.2. The summed E-state index contributed by atoms with van der Waals surface area (Å²) in [4.78, 5) is 64.3. The van der Waals surface area contributed by atoms with Gasteiger partial charge < -0.3 is 29.7 Å². The Kier molecular flexibility index (Phi) is 11.7. The molecule has 3 aromatic carbocycles. The number of aldehydes is 1. The summed E-state index contributed by atoms with van der Waals surface area (Å²) in [6.07, 6.45) is 11.5. The molecule has 1 atom stereocenters. The average molecular weight is 836 g/mol. The van der Waals surface area contributed by atoms with Crippen molar-refractivity contribution in [1.29, 1.82) is 0 Å². The van der Waals surface area contributed by atoms with Crippen molar-refractivity contribution >= 4 is 57.1 Å². The van der Waals surface area contributed by atoms with Gasteiger partial charge in [-0.3, -0.25) is 14.4 Å². The Morgan fingerprint density at radius 1 is 0.965 bits per heavy atom. The van der Waals surface area contributed by atoms with Gasteiger partial charge in [-0.15, -0.1) is 0 Å². The largest absolute Gasteiger partial charge is 0.372 e. The highest BCUT2D eigenvalue weighted by atomic mass is 79.9. The molecule has 1 N–H and O–H groups in total. The number of carbonyl (C=O) groups excluding carboxylic acids is 4. The van der Waals surface area contributed by atoms with Crippen LogP contribution >= 0.6 is 15.9 Å². The number of halogens is 1. The Labute approximate surface area is 345 Å².